The van der Waals surface area contributed by atoms with Gasteiger partial charge in [-0.2, -0.15) is 0 Å². The fraction of sp³-hybridized carbons (Fsp3) is 0.192. The van der Waals surface area contributed by atoms with Crippen LogP contribution in [0.15, 0.2) is 96.2 Å². The topological polar surface area (TPSA) is 29.3 Å². The van der Waals surface area contributed by atoms with E-state index in [1.165, 1.54) is 0 Å². The number of anilines is 1. The molecule has 0 unspecified atom stereocenters. The zero-order valence-corrected chi connectivity index (χ0v) is 18.5. The van der Waals surface area contributed by atoms with Crippen molar-refractivity contribution in [2.75, 3.05) is 4.90 Å². The molecule has 3 nitrogen and oxygen atoms in total. The van der Waals surface area contributed by atoms with E-state index in [4.69, 9.17) is 4.74 Å². The molecule has 2 heterocycles. The molecule has 150 valence electrons. The summed E-state index contributed by atoms with van der Waals surface area (Å²) in [5.74, 6) is -0.160. The smallest absolute Gasteiger partial charge is 0.332 e. The quantitative estimate of drug-likeness (QED) is 0.307. The van der Waals surface area contributed by atoms with Gasteiger partial charge in [-0.3, -0.25) is 0 Å². The number of esters is 1. The summed E-state index contributed by atoms with van der Waals surface area (Å²) in [5, 5.41) is 0.896. The van der Waals surface area contributed by atoms with E-state index >= 15 is 0 Å². The molecule has 5 rings (SSSR count). The Labute approximate surface area is 178 Å². The minimum atomic E-state index is -1.96. The zero-order chi connectivity index (χ0) is 20.9. The molecule has 3 aromatic carbocycles. The first-order valence-electron chi connectivity index (χ1n) is 10.4. The van der Waals surface area contributed by atoms with Crippen molar-refractivity contribution < 1.29 is 9.53 Å². The third kappa shape index (κ3) is 2.75. The zero-order valence-electron chi connectivity index (χ0n) is 17.5. The summed E-state index contributed by atoms with van der Waals surface area (Å²) < 4.78 is 6.35. The van der Waals surface area contributed by atoms with Crippen LogP contribution >= 0.6 is 0 Å². The van der Waals surface area contributed by atoms with Crippen molar-refractivity contribution in [2.24, 2.45) is 0 Å². The molecule has 0 aliphatic carbocycles. The van der Waals surface area contributed by atoms with Crippen molar-refractivity contribution in [3.63, 3.8) is 0 Å². The van der Waals surface area contributed by atoms with Crippen LogP contribution in [-0.4, -0.2) is 19.8 Å². The van der Waals surface area contributed by atoms with Crippen LogP contribution in [0, 0.1) is 0 Å². The van der Waals surface area contributed by atoms with Gasteiger partial charge in [-0.1, -0.05) is 98.5 Å². The molecule has 2 aliphatic rings. The predicted octanol–water partition coefficient (Wildman–Crippen LogP) is 5.83. The lowest BCUT2D eigenvalue weighted by molar-refractivity contribution is -0.140. The Balaban J connectivity index is 1.78. The molecule has 1 saturated heterocycles. The van der Waals surface area contributed by atoms with Crippen molar-refractivity contribution in [3.05, 3.63) is 107 Å². The Hall–Kier alpha value is -3.11. The number of benzene rings is 3. The Bertz CT molecular complexity index is 1070. The second-order valence-electron chi connectivity index (χ2n) is 8.97. The highest BCUT2D eigenvalue weighted by atomic mass is 28.3. The number of carbonyl (C=O) groups excluding carboxylic acids is 1. The molecule has 0 saturated carbocycles. The second kappa shape index (κ2) is 6.71. The van der Waals surface area contributed by atoms with Gasteiger partial charge in [0.05, 0.1) is 8.07 Å². The molecule has 0 amide bonds. The number of nitrogens with zero attached hydrogens (tertiary/aromatic N) is 1. The molecular weight excluding hydrogens is 386 g/mol. The van der Waals surface area contributed by atoms with Gasteiger partial charge >= 0.3 is 5.97 Å². The van der Waals surface area contributed by atoms with Gasteiger partial charge in [0.15, 0.2) is 0 Å². The van der Waals surface area contributed by atoms with E-state index in [0.29, 0.717) is 0 Å². The first-order chi connectivity index (χ1) is 14.4. The maximum atomic E-state index is 13.3. The third-order valence-electron chi connectivity index (χ3n) is 5.94. The first-order valence-corrected chi connectivity index (χ1v) is 13.9. The maximum Gasteiger partial charge on any atom is 0.332 e. The second-order valence-corrected chi connectivity index (χ2v) is 14.0. The van der Waals surface area contributed by atoms with E-state index in [2.05, 4.69) is 60.9 Å². The fourth-order valence-electron chi connectivity index (χ4n) is 4.74. The average Bonchev–Trinajstić information content (AvgIpc) is 3.29. The van der Waals surface area contributed by atoms with Crippen LogP contribution < -0.4 is 4.90 Å². The van der Waals surface area contributed by atoms with Crippen molar-refractivity contribution in [3.8, 4) is 0 Å². The van der Waals surface area contributed by atoms with Gasteiger partial charge < -0.3 is 9.64 Å². The number of carbonyl (C=O) groups is 1. The van der Waals surface area contributed by atoms with Gasteiger partial charge in [-0.25, -0.2) is 4.79 Å². The standard InChI is InChI=1S/C26H25NO2Si/c1-30(2,3)23-22(19-13-7-4-8-14-19)26(29-25(23)28)24(20-15-9-5-10-16-20)27(26)21-17-11-6-12-18-21/h4-18,24H,1-3H3/t24-,26-,27?/m1/s1. The van der Waals surface area contributed by atoms with E-state index in [-0.39, 0.29) is 12.0 Å². The average molecular weight is 412 g/mol. The first kappa shape index (κ1) is 18.9. The van der Waals surface area contributed by atoms with Crippen LogP contribution in [-0.2, 0) is 9.53 Å². The Morgan fingerprint density at radius 2 is 1.33 bits per heavy atom. The maximum absolute atomic E-state index is 13.3. The monoisotopic (exact) mass is 411 g/mol. The summed E-state index contributed by atoms with van der Waals surface area (Å²) in [6.07, 6.45) is 0. The minimum Gasteiger partial charge on any atom is -0.429 e. The molecule has 0 N–H and O–H groups in total. The van der Waals surface area contributed by atoms with E-state index in [9.17, 15) is 4.79 Å². The Morgan fingerprint density at radius 1 is 0.800 bits per heavy atom. The molecule has 0 radical (unpaired) electrons. The minimum absolute atomic E-state index is 0.0471. The molecule has 3 aromatic rings. The van der Waals surface area contributed by atoms with Crippen LogP contribution in [0.3, 0.4) is 0 Å². The fourth-order valence-corrected chi connectivity index (χ4v) is 6.47. The molecule has 4 heteroatoms. The largest absolute Gasteiger partial charge is 0.429 e. The van der Waals surface area contributed by atoms with Crippen LogP contribution in [0.4, 0.5) is 5.69 Å². The number of hydrogen-bond acceptors (Lipinski definition) is 3. The summed E-state index contributed by atoms with van der Waals surface area (Å²) >= 11 is 0. The van der Waals surface area contributed by atoms with Gasteiger partial charge in [-0.15, -0.1) is 0 Å². The Kier molecular flexibility index (Phi) is 4.22. The number of hydrogen-bond donors (Lipinski definition) is 0. The van der Waals surface area contributed by atoms with Crippen LogP contribution in [0.1, 0.15) is 17.2 Å². The van der Waals surface area contributed by atoms with Crippen molar-refractivity contribution in [1.29, 1.82) is 0 Å². The third-order valence-corrected chi connectivity index (χ3v) is 7.90. The molecule has 2 aliphatic heterocycles. The lowest BCUT2D eigenvalue weighted by atomic mass is 9.96. The molecule has 1 spiro atoms. The van der Waals surface area contributed by atoms with Crippen LogP contribution in [0.5, 0.6) is 0 Å². The van der Waals surface area contributed by atoms with Crippen molar-refractivity contribution in [1.82, 2.24) is 0 Å². The summed E-state index contributed by atoms with van der Waals surface area (Å²) in [7, 11) is -1.96. The number of ether oxygens (including phenoxy) is 1. The van der Waals surface area contributed by atoms with E-state index < -0.39 is 13.8 Å². The highest BCUT2D eigenvalue weighted by Crippen LogP contribution is 2.66. The Morgan fingerprint density at radius 3 is 1.90 bits per heavy atom. The summed E-state index contributed by atoms with van der Waals surface area (Å²) in [4.78, 5) is 15.6. The highest BCUT2D eigenvalue weighted by molar-refractivity contribution is 6.88. The lowest BCUT2D eigenvalue weighted by Crippen LogP contribution is -2.28. The van der Waals surface area contributed by atoms with Gasteiger partial charge in [0.1, 0.15) is 6.04 Å². The number of rotatable bonds is 4. The molecule has 30 heavy (non-hydrogen) atoms. The normalized spacial score (nSPS) is 23.1. The van der Waals surface area contributed by atoms with Crippen molar-refractivity contribution >= 4 is 25.3 Å². The van der Waals surface area contributed by atoms with Gasteiger partial charge in [-0.05, 0) is 23.3 Å². The summed E-state index contributed by atoms with van der Waals surface area (Å²) in [5.41, 5.74) is 3.53. The molecule has 0 aromatic heterocycles. The lowest BCUT2D eigenvalue weighted by Gasteiger charge is -2.19. The molecule has 0 bridgehead atoms. The summed E-state index contributed by atoms with van der Waals surface area (Å²) in [6.45, 7) is 6.66. The van der Waals surface area contributed by atoms with Gasteiger partial charge in [0.25, 0.3) is 0 Å². The van der Waals surface area contributed by atoms with Crippen molar-refractivity contribution in [2.45, 2.75) is 31.4 Å². The van der Waals surface area contributed by atoms with Gasteiger partial charge in [0.2, 0.25) is 5.72 Å². The van der Waals surface area contributed by atoms with E-state index in [1.54, 1.807) is 0 Å². The SMILES string of the molecule is C[Si](C)(C)C1=C(c2ccccc2)[C@@]2(OC1=O)[C@@H](c1ccccc1)N2c1ccccc1. The number of para-hydroxylation sites is 1. The van der Waals surface area contributed by atoms with Crippen LogP contribution in [0.25, 0.3) is 5.57 Å². The highest BCUT2D eigenvalue weighted by Gasteiger charge is 2.73. The van der Waals surface area contributed by atoms with E-state index in [0.717, 1.165) is 27.6 Å². The van der Waals surface area contributed by atoms with Crippen LogP contribution in [0.2, 0.25) is 19.6 Å². The molecule has 1 fully saturated rings. The molecular formula is C26H25NO2Si. The predicted molar refractivity (Wildman–Crippen MR) is 124 cm³/mol. The summed E-state index contributed by atoms with van der Waals surface area (Å²) in [6, 6.07) is 30.9. The van der Waals surface area contributed by atoms with Gasteiger partial charge in [0, 0.05) is 16.5 Å². The van der Waals surface area contributed by atoms with E-state index in [1.807, 2.05) is 54.6 Å². The molecule has 2 atom stereocenters.